The van der Waals surface area contributed by atoms with E-state index in [1.807, 2.05) is 27.7 Å². The predicted molar refractivity (Wildman–Crippen MR) is 82.0 cm³/mol. The molecule has 1 rings (SSSR count). The van der Waals surface area contributed by atoms with Crippen LogP contribution in [-0.2, 0) is 4.79 Å². The molecule has 22 heavy (non-hydrogen) atoms. The number of halogens is 3. The second kappa shape index (κ2) is 9.33. The van der Waals surface area contributed by atoms with Crippen molar-refractivity contribution in [2.75, 3.05) is 4.90 Å². The smallest absolute Gasteiger partial charge is 0.406 e. The van der Waals surface area contributed by atoms with Crippen molar-refractivity contribution in [3.05, 3.63) is 24.3 Å². The van der Waals surface area contributed by atoms with Gasteiger partial charge in [-0.05, 0) is 25.5 Å². The summed E-state index contributed by atoms with van der Waals surface area (Å²) in [7, 11) is 0. The number of benzene rings is 1. The van der Waals surface area contributed by atoms with Crippen molar-refractivity contribution >= 4 is 11.6 Å². The molecule has 6 heteroatoms. The number of carbonyl (C=O) groups is 1. The van der Waals surface area contributed by atoms with Gasteiger partial charge in [0, 0.05) is 24.2 Å². The maximum atomic E-state index is 12.2. The van der Waals surface area contributed by atoms with Crippen LogP contribution in [0.4, 0.5) is 18.9 Å². The highest BCUT2D eigenvalue weighted by atomic mass is 19.4. The third-order valence-electron chi connectivity index (χ3n) is 2.93. The molecule has 0 saturated heterocycles. The molecular weight excluding hydrogens is 295 g/mol. The molecule has 0 aliphatic carbocycles. The molecule has 0 aliphatic heterocycles. The van der Waals surface area contributed by atoms with E-state index in [0.717, 1.165) is 0 Å². The minimum Gasteiger partial charge on any atom is -0.406 e. The van der Waals surface area contributed by atoms with E-state index < -0.39 is 6.36 Å². The van der Waals surface area contributed by atoms with Crippen LogP contribution in [0.1, 0.15) is 47.5 Å². The fourth-order valence-electron chi connectivity index (χ4n) is 1.83. The van der Waals surface area contributed by atoms with E-state index in [1.54, 1.807) is 13.0 Å². The topological polar surface area (TPSA) is 29.5 Å². The molecule has 1 atom stereocenters. The van der Waals surface area contributed by atoms with Crippen LogP contribution in [0.5, 0.6) is 5.75 Å². The van der Waals surface area contributed by atoms with Crippen molar-refractivity contribution in [2.24, 2.45) is 0 Å². The summed E-state index contributed by atoms with van der Waals surface area (Å²) in [5.41, 5.74) is 0.410. The molecule has 3 nitrogen and oxygen atoms in total. The van der Waals surface area contributed by atoms with Crippen LogP contribution in [0, 0.1) is 0 Å². The number of nitrogens with zero attached hydrogens (tertiary/aromatic N) is 1. The Morgan fingerprint density at radius 1 is 1.27 bits per heavy atom. The van der Waals surface area contributed by atoms with Crippen LogP contribution in [0.2, 0.25) is 0 Å². The number of anilines is 1. The van der Waals surface area contributed by atoms with Crippen LogP contribution in [0.25, 0.3) is 0 Å². The monoisotopic (exact) mass is 319 g/mol. The molecule has 0 bridgehead atoms. The van der Waals surface area contributed by atoms with Crippen molar-refractivity contribution < 1.29 is 22.7 Å². The van der Waals surface area contributed by atoms with Crippen molar-refractivity contribution in [2.45, 2.75) is 59.9 Å². The van der Waals surface area contributed by atoms with E-state index in [4.69, 9.17) is 0 Å². The van der Waals surface area contributed by atoms with E-state index >= 15 is 0 Å². The van der Waals surface area contributed by atoms with Gasteiger partial charge in [-0.2, -0.15) is 0 Å². The minimum absolute atomic E-state index is 0.0939. The average Bonchev–Trinajstić information content (AvgIpc) is 2.47. The first-order valence-electron chi connectivity index (χ1n) is 7.46. The summed E-state index contributed by atoms with van der Waals surface area (Å²) in [5.74, 6) is -0.462. The zero-order valence-electron chi connectivity index (χ0n) is 13.7. The summed E-state index contributed by atoms with van der Waals surface area (Å²) >= 11 is 0. The van der Waals surface area contributed by atoms with Gasteiger partial charge in [-0.25, -0.2) is 0 Å². The van der Waals surface area contributed by atoms with Gasteiger partial charge in [0.1, 0.15) is 5.75 Å². The van der Waals surface area contributed by atoms with Gasteiger partial charge in [0.25, 0.3) is 0 Å². The van der Waals surface area contributed by atoms with Gasteiger partial charge in [-0.3, -0.25) is 4.79 Å². The number of ether oxygens (including phenoxy) is 1. The Labute approximate surface area is 130 Å². The maximum Gasteiger partial charge on any atom is 0.573 e. The van der Waals surface area contributed by atoms with Gasteiger partial charge in [0.05, 0.1) is 0 Å². The molecule has 126 valence electrons. The molecule has 1 aromatic carbocycles. The number of carbonyl (C=O) groups excluding carboxylic acids is 1. The summed E-state index contributed by atoms with van der Waals surface area (Å²) in [4.78, 5) is 13.5. The third-order valence-corrected chi connectivity index (χ3v) is 2.93. The second-order valence-electron chi connectivity index (χ2n) is 4.42. The highest BCUT2D eigenvalue weighted by Gasteiger charge is 2.31. The summed E-state index contributed by atoms with van der Waals surface area (Å²) in [6, 6.07) is 5.39. The Morgan fingerprint density at radius 3 is 2.32 bits per heavy atom. The van der Waals surface area contributed by atoms with E-state index in [0.29, 0.717) is 12.1 Å². The van der Waals surface area contributed by atoms with Crippen molar-refractivity contribution in [1.82, 2.24) is 0 Å². The zero-order valence-corrected chi connectivity index (χ0v) is 13.7. The molecule has 0 radical (unpaired) electrons. The highest BCUT2D eigenvalue weighted by molar-refractivity contribution is 5.93. The number of hydrogen-bond donors (Lipinski definition) is 0. The van der Waals surface area contributed by atoms with E-state index in [2.05, 4.69) is 4.74 Å². The lowest BCUT2D eigenvalue weighted by Crippen LogP contribution is -2.38. The van der Waals surface area contributed by atoms with Gasteiger partial charge >= 0.3 is 6.36 Å². The molecule has 1 amide bonds. The van der Waals surface area contributed by atoms with Crippen LogP contribution in [-0.4, -0.2) is 18.3 Å². The van der Waals surface area contributed by atoms with Gasteiger partial charge < -0.3 is 9.64 Å². The molecule has 0 heterocycles. The Morgan fingerprint density at radius 2 is 1.86 bits per heavy atom. The largest absolute Gasteiger partial charge is 0.573 e. The van der Waals surface area contributed by atoms with Crippen molar-refractivity contribution in [3.63, 3.8) is 0 Å². The van der Waals surface area contributed by atoms with Gasteiger partial charge in [-0.15, -0.1) is 13.2 Å². The average molecular weight is 319 g/mol. The van der Waals surface area contributed by atoms with Crippen molar-refractivity contribution in [3.8, 4) is 5.75 Å². The normalized spacial score (nSPS) is 12.0. The van der Waals surface area contributed by atoms with E-state index in [1.165, 1.54) is 23.1 Å². The predicted octanol–water partition coefficient (Wildman–Crippen LogP) is 5.15. The second-order valence-corrected chi connectivity index (χ2v) is 4.42. The molecule has 1 unspecified atom stereocenters. The van der Waals surface area contributed by atoms with Crippen LogP contribution < -0.4 is 9.64 Å². The summed E-state index contributed by atoms with van der Waals surface area (Å²) < 4.78 is 40.5. The van der Waals surface area contributed by atoms with Crippen LogP contribution >= 0.6 is 0 Å². The summed E-state index contributed by atoms with van der Waals surface area (Å²) in [5, 5.41) is 0. The molecule has 0 aromatic heterocycles. The Hall–Kier alpha value is -1.72. The first-order chi connectivity index (χ1) is 10.3. The fourth-order valence-corrected chi connectivity index (χ4v) is 1.83. The molecular formula is C16H24F3NO2. The third kappa shape index (κ3) is 6.37. The highest BCUT2D eigenvalue weighted by Crippen LogP contribution is 2.28. The lowest BCUT2D eigenvalue weighted by Gasteiger charge is -2.28. The Balaban J connectivity index is 0.00000211. The Bertz CT molecular complexity index is 461. The lowest BCUT2D eigenvalue weighted by molar-refractivity contribution is -0.274. The first kappa shape index (κ1) is 20.3. The SMILES string of the molecule is CC.CCC(=O)N(c1cccc(OC(F)(F)F)c1)C(C)CC. The minimum atomic E-state index is -4.74. The molecule has 0 N–H and O–H groups in total. The maximum absolute atomic E-state index is 12.2. The summed E-state index contributed by atoms with van der Waals surface area (Å²) in [6.45, 7) is 9.48. The van der Waals surface area contributed by atoms with E-state index in [9.17, 15) is 18.0 Å². The lowest BCUT2D eigenvalue weighted by atomic mass is 10.1. The standard InChI is InChI=1S/C14H18F3NO2.C2H6/c1-4-10(3)18(13(19)5-2)11-7-6-8-12(9-11)20-14(15,16)17;1-2/h6-10H,4-5H2,1-3H3;1-2H3. The number of alkyl halides is 3. The van der Waals surface area contributed by atoms with Gasteiger partial charge in [0.15, 0.2) is 0 Å². The van der Waals surface area contributed by atoms with Gasteiger partial charge in [-0.1, -0.05) is 33.8 Å². The fraction of sp³-hybridized carbons (Fsp3) is 0.562. The van der Waals surface area contributed by atoms with Gasteiger partial charge in [0.2, 0.25) is 5.91 Å². The van der Waals surface area contributed by atoms with Crippen molar-refractivity contribution in [1.29, 1.82) is 0 Å². The molecule has 0 saturated carbocycles. The van der Waals surface area contributed by atoms with Crippen LogP contribution in [0.3, 0.4) is 0 Å². The Kier molecular flexibility index (Phi) is 8.60. The zero-order chi connectivity index (χ0) is 17.3. The molecule has 0 spiro atoms. The van der Waals surface area contributed by atoms with E-state index in [-0.39, 0.29) is 24.1 Å². The number of amides is 1. The van der Waals surface area contributed by atoms with Crippen LogP contribution in [0.15, 0.2) is 24.3 Å². The molecule has 1 aromatic rings. The number of hydrogen-bond acceptors (Lipinski definition) is 2. The first-order valence-corrected chi connectivity index (χ1v) is 7.46. The number of rotatable bonds is 5. The quantitative estimate of drug-likeness (QED) is 0.751. The summed E-state index contributed by atoms with van der Waals surface area (Å²) in [6.07, 6.45) is -3.75. The molecule has 0 aliphatic rings. The molecule has 0 fully saturated rings.